The monoisotopic (exact) mass is 565 g/mol. The lowest BCUT2D eigenvalue weighted by Gasteiger charge is -2.41. The van der Waals surface area contributed by atoms with Crippen molar-refractivity contribution in [3.05, 3.63) is 66.4 Å². The first-order chi connectivity index (χ1) is 19.9. The third-order valence-corrected chi connectivity index (χ3v) is 8.31. The minimum atomic E-state index is -1.05. The van der Waals surface area contributed by atoms with Crippen LogP contribution in [0.25, 0.3) is 11.3 Å². The molecule has 0 bridgehead atoms. The SMILES string of the molecule is COC[C@]1(O)CCCC[C@H]1n1cnc(C(=O)N2CCNC[C@H]2CCNc2cc(OC)ccc2F)c1-c1ccccc1. The summed E-state index contributed by atoms with van der Waals surface area (Å²) in [5.74, 6) is 0.0758. The molecule has 0 radical (unpaired) electrons. The van der Waals surface area contributed by atoms with E-state index in [2.05, 4.69) is 15.6 Å². The molecule has 9 nitrogen and oxygen atoms in total. The second-order valence-corrected chi connectivity index (χ2v) is 10.9. The van der Waals surface area contributed by atoms with E-state index < -0.39 is 5.60 Å². The number of halogens is 1. The van der Waals surface area contributed by atoms with Gasteiger partial charge in [0.15, 0.2) is 5.69 Å². The molecule has 2 fully saturated rings. The number of hydrogen-bond acceptors (Lipinski definition) is 7. The summed E-state index contributed by atoms with van der Waals surface area (Å²) in [6, 6.07) is 14.0. The van der Waals surface area contributed by atoms with E-state index in [1.54, 1.807) is 32.7 Å². The molecule has 2 aromatic carbocycles. The number of carbonyl (C=O) groups excluding carboxylic acids is 1. The summed E-state index contributed by atoms with van der Waals surface area (Å²) in [6.45, 7) is 2.54. The van der Waals surface area contributed by atoms with E-state index in [4.69, 9.17) is 9.47 Å². The zero-order chi connectivity index (χ0) is 28.8. The standard InChI is InChI=1S/C31H40FN5O4/c1-40-20-31(39)14-7-6-10-27(31)37-21-35-28(29(37)22-8-4-3-5-9-22)30(38)36-17-16-33-19-23(36)13-15-34-26-18-24(41-2)11-12-25(26)32/h3-5,8-9,11-12,18,21,23,27,33-34,39H,6-7,10,13-17,19-20H2,1-2H3/t23-,27-,31-/m1/s1. The molecular weight excluding hydrogens is 525 g/mol. The molecule has 0 spiro atoms. The van der Waals surface area contributed by atoms with Crippen LogP contribution in [0.3, 0.4) is 0 Å². The molecule has 5 rings (SSSR count). The van der Waals surface area contributed by atoms with Crippen molar-refractivity contribution < 1.29 is 23.8 Å². The van der Waals surface area contributed by atoms with Gasteiger partial charge in [-0.05, 0) is 31.4 Å². The number of hydrogen-bond donors (Lipinski definition) is 3. The highest BCUT2D eigenvalue weighted by atomic mass is 19.1. The number of anilines is 1. The Morgan fingerprint density at radius 1 is 1.22 bits per heavy atom. The van der Waals surface area contributed by atoms with Crippen LogP contribution < -0.4 is 15.4 Å². The molecule has 1 saturated heterocycles. The molecule has 1 saturated carbocycles. The summed E-state index contributed by atoms with van der Waals surface area (Å²) in [7, 11) is 3.15. The van der Waals surface area contributed by atoms with Gasteiger partial charge in [-0.25, -0.2) is 9.37 Å². The van der Waals surface area contributed by atoms with Crippen LogP contribution in [0.5, 0.6) is 5.75 Å². The molecule has 1 aliphatic carbocycles. The minimum absolute atomic E-state index is 0.105. The van der Waals surface area contributed by atoms with Crippen LogP contribution in [0.15, 0.2) is 54.9 Å². The molecule has 2 heterocycles. The highest BCUT2D eigenvalue weighted by Gasteiger charge is 2.42. The summed E-state index contributed by atoms with van der Waals surface area (Å²) in [5.41, 5.74) is 1.29. The number of aromatic nitrogens is 2. The molecule has 2 aliphatic rings. The molecule has 3 N–H and O–H groups in total. The van der Waals surface area contributed by atoms with E-state index >= 15 is 0 Å². The number of amides is 1. The third-order valence-electron chi connectivity index (χ3n) is 8.31. The van der Waals surface area contributed by atoms with Gasteiger partial charge < -0.3 is 34.7 Å². The fourth-order valence-electron chi connectivity index (χ4n) is 6.22. The number of piperazine rings is 1. The number of ether oxygens (including phenoxy) is 2. The molecule has 220 valence electrons. The number of nitrogens with one attached hydrogen (secondary N) is 2. The largest absolute Gasteiger partial charge is 0.497 e. The molecular formula is C31H40FN5O4. The third kappa shape index (κ3) is 6.24. The second-order valence-electron chi connectivity index (χ2n) is 10.9. The number of imidazole rings is 1. The summed E-state index contributed by atoms with van der Waals surface area (Å²) >= 11 is 0. The van der Waals surface area contributed by atoms with Gasteiger partial charge in [0, 0.05) is 51.0 Å². The zero-order valence-corrected chi connectivity index (χ0v) is 23.8. The van der Waals surface area contributed by atoms with E-state index in [0.29, 0.717) is 61.8 Å². The average molecular weight is 566 g/mol. The minimum Gasteiger partial charge on any atom is -0.497 e. The lowest BCUT2D eigenvalue weighted by atomic mass is 9.80. The Morgan fingerprint density at radius 2 is 2.05 bits per heavy atom. The molecule has 3 aromatic rings. The Labute approximate surface area is 240 Å². The van der Waals surface area contributed by atoms with Crippen molar-refractivity contribution >= 4 is 11.6 Å². The quantitative estimate of drug-likeness (QED) is 0.340. The van der Waals surface area contributed by atoms with Gasteiger partial charge in [-0.1, -0.05) is 43.2 Å². The number of methoxy groups -OCH3 is 2. The Morgan fingerprint density at radius 3 is 2.83 bits per heavy atom. The van der Waals surface area contributed by atoms with Gasteiger partial charge in [0.25, 0.3) is 5.91 Å². The van der Waals surface area contributed by atoms with Crippen LogP contribution in [0.2, 0.25) is 0 Å². The zero-order valence-electron chi connectivity index (χ0n) is 23.8. The number of benzene rings is 2. The van der Waals surface area contributed by atoms with Crippen LogP contribution in [-0.2, 0) is 4.74 Å². The summed E-state index contributed by atoms with van der Waals surface area (Å²) in [5, 5.41) is 18.2. The molecule has 10 heteroatoms. The van der Waals surface area contributed by atoms with Crippen molar-refractivity contribution in [3.8, 4) is 17.0 Å². The van der Waals surface area contributed by atoms with Crippen LogP contribution in [0.4, 0.5) is 10.1 Å². The van der Waals surface area contributed by atoms with Crippen molar-refractivity contribution in [2.45, 2.75) is 49.8 Å². The van der Waals surface area contributed by atoms with E-state index in [0.717, 1.165) is 24.8 Å². The van der Waals surface area contributed by atoms with Crippen molar-refractivity contribution in [3.63, 3.8) is 0 Å². The summed E-state index contributed by atoms with van der Waals surface area (Å²) in [4.78, 5) is 20.8. The van der Waals surface area contributed by atoms with Crippen molar-refractivity contribution in [1.82, 2.24) is 19.8 Å². The van der Waals surface area contributed by atoms with Gasteiger partial charge >= 0.3 is 0 Å². The van der Waals surface area contributed by atoms with Crippen molar-refractivity contribution in [2.24, 2.45) is 0 Å². The summed E-state index contributed by atoms with van der Waals surface area (Å²) in [6.07, 6.45) is 5.62. The first kappa shape index (κ1) is 29.0. The van der Waals surface area contributed by atoms with Crippen LogP contribution in [-0.4, -0.2) is 84.1 Å². The topological polar surface area (TPSA) is 101 Å². The van der Waals surface area contributed by atoms with Gasteiger partial charge in [-0.15, -0.1) is 0 Å². The predicted octanol–water partition coefficient (Wildman–Crippen LogP) is 4.11. The Bertz CT molecular complexity index is 1320. The van der Waals surface area contributed by atoms with Gasteiger partial charge in [-0.3, -0.25) is 4.79 Å². The molecule has 1 aromatic heterocycles. The molecule has 1 amide bonds. The molecule has 3 atom stereocenters. The summed E-state index contributed by atoms with van der Waals surface area (Å²) < 4.78 is 27.0. The smallest absolute Gasteiger partial charge is 0.275 e. The molecule has 0 unspecified atom stereocenters. The maximum Gasteiger partial charge on any atom is 0.275 e. The van der Waals surface area contributed by atoms with E-state index in [-0.39, 0.29) is 30.4 Å². The first-order valence-electron chi connectivity index (χ1n) is 14.4. The van der Waals surface area contributed by atoms with Crippen molar-refractivity contribution in [2.75, 3.05) is 52.3 Å². The highest BCUT2D eigenvalue weighted by Crippen LogP contribution is 2.41. The second kappa shape index (κ2) is 13.0. The van der Waals surface area contributed by atoms with Gasteiger partial charge in [-0.2, -0.15) is 0 Å². The fraction of sp³-hybridized carbons (Fsp3) is 0.484. The van der Waals surface area contributed by atoms with E-state index in [1.807, 2.05) is 39.8 Å². The lowest BCUT2D eigenvalue weighted by molar-refractivity contribution is -0.0893. The van der Waals surface area contributed by atoms with Crippen LogP contribution in [0, 0.1) is 5.82 Å². The Hall–Kier alpha value is -3.47. The number of carbonyl (C=O) groups is 1. The molecule has 1 aliphatic heterocycles. The first-order valence-corrected chi connectivity index (χ1v) is 14.4. The fourth-order valence-corrected chi connectivity index (χ4v) is 6.22. The van der Waals surface area contributed by atoms with Crippen molar-refractivity contribution in [1.29, 1.82) is 0 Å². The van der Waals surface area contributed by atoms with E-state index in [1.165, 1.54) is 6.07 Å². The van der Waals surface area contributed by atoms with E-state index in [9.17, 15) is 14.3 Å². The number of aliphatic hydroxyl groups is 1. The predicted molar refractivity (Wildman–Crippen MR) is 156 cm³/mol. The Kier molecular flexibility index (Phi) is 9.22. The van der Waals surface area contributed by atoms with Gasteiger partial charge in [0.1, 0.15) is 17.2 Å². The Balaban J connectivity index is 1.41. The van der Waals surface area contributed by atoms with Gasteiger partial charge in [0.2, 0.25) is 0 Å². The molecule has 41 heavy (non-hydrogen) atoms. The normalized spacial score (nSPS) is 22.9. The maximum atomic E-state index is 14.3. The van der Waals surface area contributed by atoms with Gasteiger partial charge in [0.05, 0.1) is 37.5 Å². The lowest BCUT2D eigenvalue weighted by Crippen LogP contribution is -2.54. The maximum absolute atomic E-state index is 14.3. The number of rotatable bonds is 10. The van der Waals surface area contributed by atoms with Crippen LogP contribution >= 0.6 is 0 Å². The average Bonchev–Trinajstić information content (AvgIpc) is 3.43. The number of nitrogens with zero attached hydrogens (tertiary/aromatic N) is 3. The van der Waals surface area contributed by atoms with Crippen LogP contribution in [0.1, 0.15) is 48.6 Å². The highest BCUT2D eigenvalue weighted by molar-refractivity contribution is 5.98.